The molecule has 5 rings (SSSR count). The maximum Gasteiger partial charge on any atom is 0.0403 e. The van der Waals surface area contributed by atoms with Crippen LogP contribution in [0, 0.1) is 6.92 Å². The average Bonchev–Trinajstić information content (AvgIpc) is 2.54. The van der Waals surface area contributed by atoms with Gasteiger partial charge in [-0.05, 0) is 56.3 Å². The van der Waals surface area contributed by atoms with Crippen molar-refractivity contribution in [3.8, 4) is 0 Å². The Bertz CT molecular complexity index is 1180. The zero-order valence-corrected chi connectivity index (χ0v) is 12.4. The lowest BCUT2D eigenvalue weighted by Gasteiger charge is -2.16. The van der Waals surface area contributed by atoms with Crippen LogP contribution >= 0.6 is 0 Å². The summed E-state index contributed by atoms with van der Waals surface area (Å²) in [4.78, 5) is 0. The first-order chi connectivity index (χ1) is 10.8. The van der Waals surface area contributed by atoms with Crippen molar-refractivity contribution < 1.29 is 0 Å². The number of anilines is 1. The highest BCUT2D eigenvalue weighted by Crippen LogP contribution is 2.43. The van der Waals surface area contributed by atoms with Crippen LogP contribution < -0.4 is 5.73 Å². The molecule has 0 unspecified atom stereocenters. The highest BCUT2D eigenvalue weighted by Gasteiger charge is 2.15. The highest BCUT2D eigenvalue weighted by atomic mass is 14.6. The van der Waals surface area contributed by atoms with Crippen molar-refractivity contribution in [2.75, 3.05) is 5.73 Å². The van der Waals surface area contributed by atoms with E-state index in [1.165, 1.54) is 48.7 Å². The summed E-state index contributed by atoms with van der Waals surface area (Å²) in [7, 11) is 0. The Morgan fingerprint density at radius 2 is 1.23 bits per heavy atom. The van der Waals surface area contributed by atoms with Gasteiger partial charge in [-0.2, -0.15) is 0 Å². The van der Waals surface area contributed by atoms with Crippen molar-refractivity contribution in [1.29, 1.82) is 0 Å². The lowest BCUT2D eigenvalue weighted by atomic mass is 9.88. The normalized spacial score (nSPS) is 12.0. The van der Waals surface area contributed by atoms with Crippen molar-refractivity contribution in [2.45, 2.75) is 6.92 Å². The molecule has 0 radical (unpaired) electrons. The zero-order valence-electron chi connectivity index (χ0n) is 12.4. The highest BCUT2D eigenvalue weighted by molar-refractivity contribution is 6.35. The number of rotatable bonds is 0. The Kier molecular flexibility index (Phi) is 2.09. The Morgan fingerprint density at radius 1 is 0.636 bits per heavy atom. The predicted octanol–water partition coefficient (Wildman–Crippen LogP) is 5.63. The van der Waals surface area contributed by atoms with Crippen LogP contribution in [-0.2, 0) is 0 Å². The Balaban J connectivity index is 2.31. The van der Waals surface area contributed by atoms with E-state index in [1.54, 1.807) is 0 Å². The largest absolute Gasteiger partial charge is 0.398 e. The van der Waals surface area contributed by atoms with Gasteiger partial charge in [-0.3, -0.25) is 0 Å². The van der Waals surface area contributed by atoms with Crippen LogP contribution in [0.3, 0.4) is 0 Å². The molecule has 0 aliphatic carbocycles. The summed E-state index contributed by atoms with van der Waals surface area (Å²) in [6.07, 6.45) is 0. The molecule has 5 aromatic carbocycles. The molecule has 104 valence electrons. The van der Waals surface area contributed by atoms with Gasteiger partial charge in [-0.15, -0.1) is 0 Å². The number of hydrogen-bond acceptors (Lipinski definition) is 1. The van der Waals surface area contributed by atoms with Crippen molar-refractivity contribution in [2.24, 2.45) is 0 Å². The third kappa shape index (κ3) is 1.29. The van der Waals surface area contributed by atoms with Gasteiger partial charge in [-0.25, -0.2) is 0 Å². The molecule has 0 heterocycles. The van der Waals surface area contributed by atoms with Gasteiger partial charge in [0.25, 0.3) is 0 Å². The number of nitrogen functional groups attached to an aromatic ring is 1. The van der Waals surface area contributed by atoms with Crippen LogP contribution in [-0.4, -0.2) is 0 Å². The Morgan fingerprint density at radius 3 is 2.00 bits per heavy atom. The van der Waals surface area contributed by atoms with Crippen LogP contribution in [0.15, 0.2) is 60.7 Å². The fourth-order valence-corrected chi connectivity index (χ4v) is 3.97. The van der Waals surface area contributed by atoms with E-state index in [2.05, 4.69) is 67.6 Å². The first-order valence-corrected chi connectivity index (χ1v) is 7.60. The Labute approximate surface area is 128 Å². The lowest BCUT2D eigenvalue weighted by Crippen LogP contribution is -1.94. The van der Waals surface area contributed by atoms with Gasteiger partial charge in [0, 0.05) is 11.1 Å². The van der Waals surface area contributed by atoms with Crippen molar-refractivity contribution in [3.63, 3.8) is 0 Å². The molecule has 2 N–H and O–H groups in total. The summed E-state index contributed by atoms with van der Waals surface area (Å²) in [5.74, 6) is 0. The summed E-state index contributed by atoms with van der Waals surface area (Å²) in [6.45, 7) is 2.14. The second-order valence-corrected chi connectivity index (χ2v) is 6.10. The van der Waals surface area contributed by atoms with Gasteiger partial charge in [-0.1, -0.05) is 54.6 Å². The molecule has 0 saturated heterocycles. The first kappa shape index (κ1) is 11.8. The molecule has 0 spiro atoms. The maximum atomic E-state index is 6.43. The molecule has 0 bridgehead atoms. The van der Waals surface area contributed by atoms with Gasteiger partial charge >= 0.3 is 0 Å². The van der Waals surface area contributed by atoms with E-state index in [0.717, 1.165) is 5.69 Å². The van der Waals surface area contributed by atoms with Crippen molar-refractivity contribution in [1.82, 2.24) is 0 Å². The van der Waals surface area contributed by atoms with E-state index in [0.29, 0.717) is 0 Å². The second-order valence-electron chi connectivity index (χ2n) is 6.10. The zero-order chi connectivity index (χ0) is 14.8. The van der Waals surface area contributed by atoms with Crippen LogP contribution in [0.25, 0.3) is 43.1 Å². The number of aryl methyl sites for hydroxylation is 1. The smallest absolute Gasteiger partial charge is 0.0403 e. The third-order valence-electron chi connectivity index (χ3n) is 4.86. The summed E-state index contributed by atoms with van der Waals surface area (Å²) in [5.41, 5.74) is 8.55. The molecule has 0 fully saturated rings. The Hall–Kier alpha value is -2.80. The summed E-state index contributed by atoms with van der Waals surface area (Å²) in [6, 6.07) is 21.7. The average molecular weight is 281 g/mol. The molecule has 0 saturated carbocycles. The van der Waals surface area contributed by atoms with Crippen molar-refractivity contribution in [3.05, 3.63) is 66.2 Å². The predicted molar refractivity (Wildman–Crippen MR) is 96.8 cm³/mol. The van der Waals surface area contributed by atoms with Crippen LogP contribution in [0.2, 0.25) is 0 Å². The molecule has 22 heavy (non-hydrogen) atoms. The number of hydrogen-bond donors (Lipinski definition) is 1. The molecule has 0 aliphatic rings. The number of fused-ring (bicyclic) bond motifs is 2. The quantitative estimate of drug-likeness (QED) is 0.222. The molecule has 0 amide bonds. The molecule has 0 aliphatic heterocycles. The van der Waals surface area contributed by atoms with E-state index >= 15 is 0 Å². The van der Waals surface area contributed by atoms with E-state index < -0.39 is 0 Å². The number of benzene rings is 5. The van der Waals surface area contributed by atoms with E-state index in [4.69, 9.17) is 5.73 Å². The van der Waals surface area contributed by atoms with Crippen LogP contribution in [0.4, 0.5) is 5.69 Å². The minimum Gasteiger partial charge on any atom is -0.398 e. The molecule has 0 atom stereocenters. The molecule has 5 aromatic rings. The number of nitrogens with two attached hydrogens (primary N) is 1. The summed E-state index contributed by atoms with van der Waals surface area (Å²) >= 11 is 0. The fourth-order valence-electron chi connectivity index (χ4n) is 3.97. The van der Waals surface area contributed by atoms with Gasteiger partial charge in [0.05, 0.1) is 0 Å². The monoisotopic (exact) mass is 281 g/mol. The van der Waals surface area contributed by atoms with Crippen molar-refractivity contribution >= 4 is 48.8 Å². The van der Waals surface area contributed by atoms with Gasteiger partial charge in [0.1, 0.15) is 0 Å². The van der Waals surface area contributed by atoms with E-state index in [9.17, 15) is 0 Å². The molecule has 0 aromatic heterocycles. The summed E-state index contributed by atoms with van der Waals surface area (Å²) in [5, 5.41) is 10.3. The van der Waals surface area contributed by atoms with Gasteiger partial charge in [0.2, 0.25) is 0 Å². The first-order valence-electron chi connectivity index (χ1n) is 7.60. The van der Waals surface area contributed by atoms with E-state index in [1.807, 2.05) is 0 Å². The van der Waals surface area contributed by atoms with Crippen LogP contribution in [0.5, 0.6) is 0 Å². The minimum absolute atomic E-state index is 0.874. The molecular formula is C21H15N. The lowest BCUT2D eigenvalue weighted by molar-refractivity contribution is 1.55. The van der Waals surface area contributed by atoms with Crippen LogP contribution in [0.1, 0.15) is 5.56 Å². The molecule has 1 heteroatoms. The second kappa shape index (κ2) is 3.89. The summed E-state index contributed by atoms with van der Waals surface area (Å²) < 4.78 is 0. The minimum atomic E-state index is 0.874. The molecular weight excluding hydrogens is 266 g/mol. The fraction of sp³-hybridized carbons (Fsp3) is 0.0476. The maximum absolute atomic E-state index is 6.43. The molecule has 1 nitrogen and oxygen atoms in total. The topological polar surface area (TPSA) is 26.0 Å². The van der Waals surface area contributed by atoms with E-state index in [-0.39, 0.29) is 0 Å². The standard InChI is InChI=1S/C21H15N/c1-12-11-18(22)21-17-10-3-6-13-5-2-8-15(19(13)17)16-9-4-7-14(12)20(16)21/h2-11H,22H2,1H3. The SMILES string of the molecule is Cc1cc(N)c2c3cccc4cccc(c5cccc1c52)c43. The van der Waals surface area contributed by atoms with Gasteiger partial charge < -0.3 is 5.73 Å². The third-order valence-corrected chi connectivity index (χ3v) is 4.86. The van der Waals surface area contributed by atoms with Gasteiger partial charge in [0.15, 0.2) is 0 Å².